The third-order valence-corrected chi connectivity index (χ3v) is 5.18. The van der Waals surface area contributed by atoms with E-state index in [0.717, 1.165) is 0 Å². The number of nitrogens with two attached hydrogens (primary N) is 5. The summed E-state index contributed by atoms with van der Waals surface area (Å²) in [7, 11) is 0. The van der Waals surface area contributed by atoms with Crippen LogP contribution in [-0.4, -0.2) is 84.5 Å². The van der Waals surface area contributed by atoms with E-state index in [9.17, 15) is 24.0 Å². The monoisotopic (exact) mass is 545 g/mol. The maximum absolute atomic E-state index is 13.0. The Morgan fingerprint density at radius 3 is 1.59 bits per heavy atom. The lowest BCUT2D eigenvalue weighted by atomic mass is 10.1. The van der Waals surface area contributed by atoms with Crippen molar-refractivity contribution in [3.8, 4) is 0 Å². The summed E-state index contributed by atoms with van der Waals surface area (Å²) in [5.74, 6) is -3.43. The Bertz CT molecular complexity index is 860. The zero-order valence-electron chi connectivity index (χ0n) is 21.0. The standard InChI is InChI=1S/C20H39N11O5S/c1-10(28-18(36)14(9-37)29-11(2)32)16(34)31-13(6-4-8-27-20(24)25)17(35)30-12(15(21)33)5-3-7-26-19(22)23/h10,12-14,37H,3-9H2,1-2H3,(H2,21,33)(H,28,36)(H,29,32)(H,30,35)(H,31,34)(H4,22,23,26)(H4,24,25,27)/t10-,12-,13-,14-/m1/s1. The molecule has 0 saturated heterocycles. The second-order valence-electron chi connectivity index (χ2n) is 8.09. The maximum atomic E-state index is 13.0. The molecular weight excluding hydrogens is 506 g/mol. The van der Waals surface area contributed by atoms with Crippen LogP contribution in [0.3, 0.4) is 0 Å². The molecule has 37 heavy (non-hydrogen) atoms. The predicted octanol–water partition coefficient (Wildman–Crippen LogP) is -4.51. The fraction of sp³-hybridized carbons (Fsp3) is 0.650. The zero-order valence-corrected chi connectivity index (χ0v) is 21.9. The smallest absolute Gasteiger partial charge is 0.244 e. The number of primary amides is 1. The molecule has 4 atom stereocenters. The van der Waals surface area contributed by atoms with Crippen molar-refractivity contribution in [1.29, 1.82) is 0 Å². The number of guanidine groups is 2. The number of carbonyl (C=O) groups is 5. The second kappa shape index (κ2) is 17.6. The van der Waals surface area contributed by atoms with Crippen LogP contribution in [0.5, 0.6) is 0 Å². The van der Waals surface area contributed by atoms with Gasteiger partial charge in [-0.25, -0.2) is 0 Å². The minimum atomic E-state index is -1.10. The Morgan fingerprint density at radius 1 is 0.703 bits per heavy atom. The van der Waals surface area contributed by atoms with Gasteiger partial charge in [0.15, 0.2) is 11.9 Å². The number of hydrogen-bond acceptors (Lipinski definition) is 8. The van der Waals surface area contributed by atoms with E-state index in [1.54, 1.807) is 0 Å². The minimum absolute atomic E-state index is 0.00721. The Hall–Kier alpha value is -3.76. The number of rotatable bonds is 17. The van der Waals surface area contributed by atoms with Gasteiger partial charge in [-0.1, -0.05) is 0 Å². The van der Waals surface area contributed by atoms with Gasteiger partial charge in [0.25, 0.3) is 0 Å². The van der Waals surface area contributed by atoms with Crippen LogP contribution < -0.4 is 49.9 Å². The summed E-state index contributed by atoms with van der Waals surface area (Å²) >= 11 is 4.02. The van der Waals surface area contributed by atoms with E-state index in [1.165, 1.54) is 13.8 Å². The third-order valence-electron chi connectivity index (χ3n) is 4.81. The highest BCUT2D eigenvalue weighted by molar-refractivity contribution is 7.80. The highest BCUT2D eigenvalue weighted by atomic mass is 32.1. The highest BCUT2D eigenvalue weighted by Crippen LogP contribution is 2.04. The van der Waals surface area contributed by atoms with Crippen molar-refractivity contribution in [2.45, 2.75) is 63.7 Å². The topological polar surface area (TPSA) is 288 Å². The van der Waals surface area contributed by atoms with Gasteiger partial charge in [-0.05, 0) is 32.6 Å². The third kappa shape index (κ3) is 15.1. The molecule has 0 spiro atoms. The quantitative estimate of drug-likeness (QED) is 0.0364. The molecule has 0 aromatic carbocycles. The van der Waals surface area contributed by atoms with Crippen LogP contribution in [0.4, 0.5) is 0 Å². The molecule has 14 N–H and O–H groups in total. The van der Waals surface area contributed by atoms with Crippen molar-refractivity contribution in [2.24, 2.45) is 38.7 Å². The first-order valence-corrected chi connectivity index (χ1v) is 12.1. The summed E-state index contributed by atoms with van der Waals surface area (Å²) in [6.07, 6.45) is 0.941. The first-order valence-electron chi connectivity index (χ1n) is 11.5. The molecule has 0 aromatic heterocycles. The van der Waals surface area contributed by atoms with Gasteiger partial charge in [0, 0.05) is 25.8 Å². The fourth-order valence-corrected chi connectivity index (χ4v) is 3.21. The van der Waals surface area contributed by atoms with Crippen LogP contribution in [-0.2, 0) is 24.0 Å². The number of hydrogen-bond donors (Lipinski definition) is 10. The zero-order chi connectivity index (χ0) is 28.5. The molecule has 0 saturated carbocycles. The summed E-state index contributed by atoms with van der Waals surface area (Å²) in [5, 5.41) is 9.93. The predicted molar refractivity (Wildman–Crippen MR) is 142 cm³/mol. The average molecular weight is 546 g/mol. The molecule has 0 bridgehead atoms. The number of nitrogens with zero attached hydrogens (tertiary/aromatic N) is 2. The molecule has 16 nitrogen and oxygen atoms in total. The van der Waals surface area contributed by atoms with Crippen LogP contribution in [0.15, 0.2) is 9.98 Å². The SMILES string of the molecule is CC(=O)N[C@H](CS)C(=O)N[C@H](C)C(=O)N[C@H](CCCN=C(N)N)C(=O)N[C@H](CCCN=C(N)N)C(N)=O. The van der Waals surface area contributed by atoms with Crippen molar-refractivity contribution in [3.63, 3.8) is 0 Å². The summed E-state index contributed by atoms with van der Waals surface area (Å²) in [6, 6.07) is -4.16. The number of nitrogens with one attached hydrogen (secondary N) is 4. The minimum Gasteiger partial charge on any atom is -0.370 e. The highest BCUT2D eigenvalue weighted by Gasteiger charge is 2.28. The van der Waals surface area contributed by atoms with E-state index >= 15 is 0 Å². The molecule has 0 radical (unpaired) electrons. The van der Waals surface area contributed by atoms with E-state index < -0.39 is 53.7 Å². The van der Waals surface area contributed by atoms with E-state index in [1.807, 2.05) is 0 Å². The van der Waals surface area contributed by atoms with Crippen molar-refractivity contribution in [3.05, 3.63) is 0 Å². The molecule has 0 aliphatic rings. The van der Waals surface area contributed by atoms with Gasteiger partial charge in [-0.15, -0.1) is 0 Å². The molecule has 0 rings (SSSR count). The molecular formula is C20H39N11O5S. The Labute approximate surface area is 220 Å². The van der Waals surface area contributed by atoms with E-state index in [2.05, 4.69) is 43.9 Å². The lowest BCUT2D eigenvalue weighted by Crippen LogP contribution is -2.57. The van der Waals surface area contributed by atoms with E-state index in [4.69, 9.17) is 28.7 Å². The largest absolute Gasteiger partial charge is 0.370 e. The van der Waals surface area contributed by atoms with Crippen LogP contribution >= 0.6 is 12.6 Å². The van der Waals surface area contributed by atoms with Crippen LogP contribution in [0, 0.1) is 0 Å². The lowest BCUT2D eigenvalue weighted by molar-refractivity contribution is -0.133. The number of carbonyl (C=O) groups excluding carboxylic acids is 5. The normalized spacial score (nSPS) is 13.6. The van der Waals surface area contributed by atoms with E-state index in [0.29, 0.717) is 12.8 Å². The Balaban J connectivity index is 5.35. The Morgan fingerprint density at radius 2 is 1.16 bits per heavy atom. The molecule has 0 aliphatic heterocycles. The van der Waals surface area contributed by atoms with Crippen LogP contribution in [0.1, 0.15) is 39.5 Å². The van der Waals surface area contributed by atoms with Crippen LogP contribution in [0.2, 0.25) is 0 Å². The number of thiol groups is 1. The summed E-state index contributed by atoms with van der Waals surface area (Å²) in [5.41, 5.74) is 26.6. The molecule has 17 heteroatoms. The van der Waals surface area contributed by atoms with Crippen molar-refractivity contribution in [2.75, 3.05) is 18.8 Å². The van der Waals surface area contributed by atoms with Crippen LogP contribution in [0.25, 0.3) is 0 Å². The summed E-state index contributed by atoms with van der Waals surface area (Å²) in [4.78, 5) is 68.8. The van der Waals surface area contributed by atoms with Crippen molar-refractivity contribution < 1.29 is 24.0 Å². The first kappa shape index (κ1) is 33.2. The molecule has 5 amide bonds. The van der Waals surface area contributed by atoms with Gasteiger partial charge < -0.3 is 49.9 Å². The van der Waals surface area contributed by atoms with Gasteiger partial charge in [-0.3, -0.25) is 34.0 Å². The Kier molecular flexibility index (Phi) is 15.8. The molecule has 0 heterocycles. The fourth-order valence-electron chi connectivity index (χ4n) is 2.95. The second-order valence-corrected chi connectivity index (χ2v) is 8.45. The first-order chi connectivity index (χ1) is 17.3. The summed E-state index contributed by atoms with van der Waals surface area (Å²) in [6.45, 7) is 3.06. The molecule has 210 valence electrons. The van der Waals surface area contributed by atoms with Gasteiger partial charge >= 0.3 is 0 Å². The van der Waals surface area contributed by atoms with Gasteiger partial charge in [-0.2, -0.15) is 12.6 Å². The van der Waals surface area contributed by atoms with Gasteiger partial charge in [0.1, 0.15) is 24.2 Å². The number of amides is 5. The molecule has 0 unspecified atom stereocenters. The molecule has 0 aliphatic carbocycles. The summed E-state index contributed by atoms with van der Waals surface area (Å²) < 4.78 is 0. The molecule has 0 fully saturated rings. The maximum Gasteiger partial charge on any atom is 0.244 e. The van der Waals surface area contributed by atoms with E-state index in [-0.39, 0.29) is 43.6 Å². The van der Waals surface area contributed by atoms with Crippen molar-refractivity contribution in [1.82, 2.24) is 21.3 Å². The van der Waals surface area contributed by atoms with Gasteiger partial charge in [0.05, 0.1) is 0 Å². The van der Waals surface area contributed by atoms with Crippen molar-refractivity contribution >= 4 is 54.1 Å². The number of aliphatic imine (C=N–C) groups is 2. The molecule has 0 aromatic rings. The van der Waals surface area contributed by atoms with Gasteiger partial charge in [0.2, 0.25) is 29.5 Å². The lowest BCUT2D eigenvalue weighted by Gasteiger charge is -2.24. The average Bonchev–Trinajstić information content (AvgIpc) is 2.80.